The van der Waals surface area contributed by atoms with Gasteiger partial charge in [-0.15, -0.1) is 0 Å². The second-order valence-electron chi connectivity index (χ2n) is 7.82. The van der Waals surface area contributed by atoms with E-state index in [4.69, 9.17) is 21.1 Å². The monoisotopic (exact) mass is 473 g/mol. The zero-order chi connectivity index (χ0) is 23.9. The van der Waals surface area contributed by atoms with Crippen molar-refractivity contribution in [1.82, 2.24) is 5.32 Å². The third kappa shape index (κ3) is 5.56. The minimum absolute atomic E-state index is 0.260. The smallest absolute Gasteiger partial charge is 0.328 e. The van der Waals surface area contributed by atoms with Crippen molar-refractivity contribution >= 4 is 34.2 Å². The maximum absolute atomic E-state index is 13.4. The number of carbonyl (C=O) groups is 2. The van der Waals surface area contributed by atoms with Crippen molar-refractivity contribution in [1.29, 1.82) is 0 Å². The van der Waals surface area contributed by atoms with Gasteiger partial charge in [0.05, 0.1) is 12.7 Å². The molecule has 0 bridgehead atoms. The summed E-state index contributed by atoms with van der Waals surface area (Å²) in [5.41, 5.74) is 2.17. The second kappa shape index (κ2) is 10.9. The highest BCUT2D eigenvalue weighted by atomic mass is 35.5. The number of halogens is 1. The Balaban J connectivity index is 1.63. The first-order valence-corrected chi connectivity index (χ1v) is 11.2. The lowest BCUT2D eigenvalue weighted by Crippen LogP contribution is -2.43. The summed E-state index contributed by atoms with van der Waals surface area (Å²) >= 11 is 5.99. The molecule has 1 amide bonds. The molecule has 172 valence electrons. The van der Waals surface area contributed by atoms with Crippen LogP contribution in [0.2, 0.25) is 5.02 Å². The molecule has 0 aromatic heterocycles. The summed E-state index contributed by atoms with van der Waals surface area (Å²) in [6.07, 6.45) is 0.313. The van der Waals surface area contributed by atoms with E-state index < -0.39 is 17.9 Å². The molecular weight excluding hydrogens is 450 g/mol. The minimum atomic E-state index is -0.838. The first-order valence-electron chi connectivity index (χ1n) is 10.9. The first kappa shape index (κ1) is 23.3. The van der Waals surface area contributed by atoms with Crippen molar-refractivity contribution in [2.75, 3.05) is 7.11 Å². The third-order valence-corrected chi connectivity index (χ3v) is 5.75. The molecule has 0 spiro atoms. The van der Waals surface area contributed by atoms with Crippen LogP contribution >= 0.6 is 11.6 Å². The summed E-state index contributed by atoms with van der Waals surface area (Å²) in [6.45, 7) is 0.260. The largest absolute Gasteiger partial charge is 0.487 e. The van der Waals surface area contributed by atoms with Gasteiger partial charge in [0.15, 0.2) is 0 Å². The summed E-state index contributed by atoms with van der Waals surface area (Å²) in [5, 5.41) is 5.22. The van der Waals surface area contributed by atoms with Crippen molar-refractivity contribution in [3.05, 3.63) is 113 Å². The van der Waals surface area contributed by atoms with E-state index in [0.717, 1.165) is 21.9 Å². The molecular formula is C28H24ClNO4. The summed E-state index contributed by atoms with van der Waals surface area (Å²) in [7, 11) is 1.31. The lowest BCUT2D eigenvalue weighted by Gasteiger charge is -2.19. The van der Waals surface area contributed by atoms with Crippen LogP contribution in [0.5, 0.6) is 5.75 Å². The molecule has 0 unspecified atom stereocenters. The zero-order valence-corrected chi connectivity index (χ0v) is 19.4. The van der Waals surface area contributed by atoms with Crippen molar-refractivity contribution in [3.8, 4) is 5.75 Å². The van der Waals surface area contributed by atoms with E-state index in [9.17, 15) is 9.59 Å². The highest BCUT2D eigenvalue weighted by Crippen LogP contribution is 2.31. The number of hydrogen-bond acceptors (Lipinski definition) is 4. The molecule has 0 fully saturated rings. The molecule has 0 saturated carbocycles. The Labute approximate surface area is 203 Å². The maximum Gasteiger partial charge on any atom is 0.328 e. The summed E-state index contributed by atoms with van der Waals surface area (Å²) in [5.74, 6) is -0.473. The average Bonchev–Trinajstić information content (AvgIpc) is 2.87. The molecule has 0 aliphatic carbocycles. The number of ether oxygens (including phenoxy) is 2. The number of esters is 1. The molecule has 4 rings (SSSR count). The van der Waals surface area contributed by atoms with E-state index >= 15 is 0 Å². The van der Waals surface area contributed by atoms with Gasteiger partial charge in [-0.1, -0.05) is 84.4 Å². The third-order valence-electron chi connectivity index (χ3n) is 5.49. The van der Waals surface area contributed by atoms with Gasteiger partial charge < -0.3 is 14.8 Å². The molecule has 4 aromatic rings. The van der Waals surface area contributed by atoms with Crippen molar-refractivity contribution < 1.29 is 19.1 Å². The molecule has 0 heterocycles. The molecule has 4 aromatic carbocycles. The molecule has 1 N–H and O–H groups in total. The van der Waals surface area contributed by atoms with Gasteiger partial charge in [0.25, 0.3) is 5.91 Å². The van der Waals surface area contributed by atoms with Gasteiger partial charge in [-0.2, -0.15) is 0 Å². The molecule has 5 nitrogen and oxygen atoms in total. The number of methoxy groups -OCH3 is 1. The topological polar surface area (TPSA) is 64.6 Å². The van der Waals surface area contributed by atoms with Crippen LogP contribution in [-0.2, 0) is 22.6 Å². The minimum Gasteiger partial charge on any atom is -0.487 e. The Morgan fingerprint density at radius 3 is 2.29 bits per heavy atom. The van der Waals surface area contributed by atoms with E-state index in [1.807, 2.05) is 72.8 Å². The fraction of sp³-hybridized carbons (Fsp3) is 0.143. The molecule has 0 saturated heterocycles. The van der Waals surface area contributed by atoms with Crippen LogP contribution in [0.4, 0.5) is 0 Å². The Kier molecular flexibility index (Phi) is 7.45. The van der Waals surface area contributed by atoms with E-state index in [1.165, 1.54) is 7.11 Å². The second-order valence-corrected chi connectivity index (χ2v) is 8.25. The van der Waals surface area contributed by atoms with Crippen LogP contribution in [0.15, 0.2) is 91.0 Å². The van der Waals surface area contributed by atoms with E-state index in [-0.39, 0.29) is 6.61 Å². The molecule has 0 radical (unpaired) electrons. The standard InChI is InChI=1S/C28H24ClNO4/c1-33-28(32)25(17-19-7-3-2-4-8-19)30-27(31)24-16-13-21-9-5-6-10-23(21)26(24)34-18-20-11-14-22(29)15-12-20/h2-16,25H,17-18H2,1H3,(H,30,31)/t25-/m0/s1. The lowest BCUT2D eigenvalue weighted by atomic mass is 10.0. The van der Waals surface area contributed by atoms with Gasteiger partial charge in [-0.05, 0) is 34.7 Å². The average molecular weight is 474 g/mol. The van der Waals surface area contributed by atoms with Crippen molar-refractivity contribution in [3.63, 3.8) is 0 Å². The van der Waals surface area contributed by atoms with Gasteiger partial charge in [-0.3, -0.25) is 4.79 Å². The number of nitrogens with one attached hydrogen (secondary N) is 1. The Morgan fingerprint density at radius 2 is 1.56 bits per heavy atom. The van der Waals surface area contributed by atoms with Crippen molar-refractivity contribution in [2.24, 2.45) is 0 Å². The number of carbonyl (C=O) groups excluding carboxylic acids is 2. The van der Waals surface area contributed by atoms with E-state index in [1.54, 1.807) is 18.2 Å². The first-order chi connectivity index (χ1) is 16.5. The maximum atomic E-state index is 13.4. The number of rotatable bonds is 8. The van der Waals surface area contributed by atoms with Crippen LogP contribution in [-0.4, -0.2) is 25.0 Å². The number of amides is 1. The molecule has 0 aliphatic rings. The fourth-order valence-electron chi connectivity index (χ4n) is 3.73. The van der Waals surface area contributed by atoms with Gasteiger partial charge in [0.2, 0.25) is 0 Å². The van der Waals surface area contributed by atoms with Crippen LogP contribution in [0.3, 0.4) is 0 Å². The van der Waals surface area contributed by atoms with Crippen LogP contribution in [0, 0.1) is 0 Å². The molecule has 34 heavy (non-hydrogen) atoms. The molecule has 1 atom stereocenters. The van der Waals surface area contributed by atoms with Gasteiger partial charge in [0.1, 0.15) is 18.4 Å². The Bertz CT molecular complexity index is 1290. The molecule has 6 heteroatoms. The lowest BCUT2D eigenvalue weighted by molar-refractivity contribution is -0.142. The van der Waals surface area contributed by atoms with E-state index in [2.05, 4.69) is 5.32 Å². The number of benzene rings is 4. The van der Waals surface area contributed by atoms with Gasteiger partial charge in [-0.25, -0.2) is 4.79 Å². The van der Waals surface area contributed by atoms with Gasteiger partial charge in [0, 0.05) is 16.8 Å². The SMILES string of the molecule is COC(=O)[C@H](Cc1ccccc1)NC(=O)c1ccc2ccccc2c1OCc1ccc(Cl)cc1. The summed E-state index contributed by atoms with van der Waals surface area (Å²) in [6, 6.07) is 27.2. The van der Waals surface area contributed by atoms with Crippen LogP contribution < -0.4 is 10.1 Å². The Morgan fingerprint density at radius 1 is 0.853 bits per heavy atom. The summed E-state index contributed by atoms with van der Waals surface area (Å²) in [4.78, 5) is 25.8. The highest BCUT2D eigenvalue weighted by Gasteiger charge is 2.25. The molecule has 0 aliphatic heterocycles. The van der Waals surface area contributed by atoms with E-state index in [0.29, 0.717) is 22.8 Å². The number of hydrogen-bond donors (Lipinski definition) is 1. The van der Waals surface area contributed by atoms with Crippen molar-refractivity contribution in [2.45, 2.75) is 19.1 Å². The van der Waals surface area contributed by atoms with Gasteiger partial charge >= 0.3 is 5.97 Å². The predicted octanol–water partition coefficient (Wildman–Crippen LogP) is 5.59. The zero-order valence-electron chi connectivity index (χ0n) is 18.7. The highest BCUT2D eigenvalue weighted by molar-refractivity contribution is 6.30. The normalized spacial score (nSPS) is 11.6. The Hall–Kier alpha value is -3.83. The number of fused-ring (bicyclic) bond motifs is 1. The predicted molar refractivity (Wildman–Crippen MR) is 133 cm³/mol. The van der Waals surface area contributed by atoms with Crippen LogP contribution in [0.25, 0.3) is 10.8 Å². The van der Waals surface area contributed by atoms with Crippen LogP contribution in [0.1, 0.15) is 21.5 Å². The summed E-state index contributed by atoms with van der Waals surface area (Å²) < 4.78 is 11.1. The quantitative estimate of drug-likeness (QED) is 0.339. The fourth-order valence-corrected chi connectivity index (χ4v) is 3.86.